The topological polar surface area (TPSA) is 101 Å². The SMILES string of the molecule is N=C(C(=O)/C(=C\Nc1cccc(C(F)(F)F)c1)OCC1CC1)C(C=CN)=Nc1ccccc1. The van der Waals surface area contributed by atoms with E-state index in [1.165, 1.54) is 30.6 Å². The minimum atomic E-state index is -4.50. The van der Waals surface area contributed by atoms with E-state index >= 15 is 0 Å². The van der Waals surface area contributed by atoms with Gasteiger partial charge in [-0.1, -0.05) is 24.3 Å². The van der Waals surface area contributed by atoms with Gasteiger partial charge in [-0.3, -0.25) is 10.2 Å². The maximum absolute atomic E-state index is 13.0. The summed E-state index contributed by atoms with van der Waals surface area (Å²) >= 11 is 0. The largest absolute Gasteiger partial charge is 0.488 e. The lowest BCUT2D eigenvalue weighted by Crippen LogP contribution is -2.25. The van der Waals surface area contributed by atoms with E-state index in [1.807, 2.05) is 0 Å². The second kappa shape index (κ2) is 10.6. The number of aliphatic imine (C=N–C) groups is 1. The highest BCUT2D eigenvalue weighted by atomic mass is 19.4. The van der Waals surface area contributed by atoms with Crippen LogP contribution in [0, 0.1) is 11.3 Å². The first kappa shape index (κ1) is 23.8. The van der Waals surface area contributed by atoms with E-state index in [1.54, 1.807) is 30.3 Å². The number of carbonyl (C=O) groups is 1. The Balaban J connectivity index is 1.85. The summed E-state index contributed by atoms with van der Waals surface area (Å²) in [5.41, 5.74) is 4.84. The Bertz CT molecular complexity index is 1090. The van der Waals surface area contributed by atoms with Crippen molar-refractivity contribution in [2.75, 3.05) is 11.9 Å². The van der Waals surface area contributed by atoms with Crippen molar-refractivity contribution in [2.24, 2.45) is 16.6 Å². The van der Waals surface area contributed by atoms with Crippen molar-refractivity contribution in [1.82, 2.24) is 0 Å². The third kappa shape index (κ3) is 7.06. The molecule has 33 heavy (non-hydrogen) atoms. The molecule has 9 heteroatoms. The Morgan fingerprint density at radius 2 is 1.91 bits per heavy atom. The van der Waals surface area contributed by atoms with E-state index in [9.17, 15) is 18.0 Å². The van der Waals surface area contributed by atoms with Gasteiger partial charge < -0.3 is 15.8 Å². The highest BCUT2D eigenvalue weighted by Crippen LogP contribution is 2.31. The number of allylic oxidation sites excluding steroid dienone is 2. The number of benzene rings is 2. The lowest BCUT2D eigenvalue weighted by atomic mass is 10.1. The molecule has 1 saturated carbocycles. The molecule has 0 heterocycles. The molecule has 0 bridgehead atoms. The minimum Gasteiger partial charge on any atom is -0.488 e. The van der Waals surface area contributed by atoms with Crippen molar-refractivity contribution in [2.45, 2.75) is 19.0 Å². The summed E-state index contributed by atoms with van der Waals surface area (Å²) in [4.78, 5) is 17.3. The zero-order valence-electron chi connectivity index (χ0n) is 17.6. The van der Waals surface area contributed by atoms with Crippen molar-refractivity contribution < 1.29 is 22.7 Å². The zero-order chi connectivity index (χ0) is 23.8. The standard InChI is InChI=1S/C24H23F3N4O2/c25-24(26,27)17-5-4-8-19(13-17)30-14-21(33-15-16-9-10-16)23(32)22(29)20(11-12-28)31-18-6-2-1-3-7-18/h1-8,11-14,16,29-30H,9-10,15,28H2/b12-11?,21-14+,29-22?,31-20?. The number of rotatable bonds is 10. The van der Waals surface area contributed by atoms with Gasteiger partial charge in [-0.25, -0.2) is 4.99 Å². The number of Topliss-reactive ketones (excluding diaryl/α,β-unsaturated/α-hetero) is 1. The molecule has 0 saturated heterocycles. The maximum Gasteiger partial charge on any atom is 0.416 e. The Morgan fingerprint density at radius 3 is 2.55 bits per heavy atom. The number of nitrogens with one attached hydrogen (secondary N) is 2. The summed E-state index contributed by atoms with van der Waals surface area (Å²) in [5.74, 6) is -0.663. The molecule has 2 aromatic rings. The van der Waals surface area contributed by atoms with Crippen LogP contribution in [0.15, 0.2) is 83.8 Å². The lowest BCUT2D eigenvalue weighted by Gasteiger charge is -2.12. The molecular formula is C24H23F3N4O2. The summed E-state index contributed by atoms with van der Waals surface area (Å²) in [6.45, 7) is 0.271. The first-order valence-electron chi connectivity index (χ1n) is 10.2. The van der Waals surface area contributed by atoms with Gasteiger partial charge in [0.25, 0.3) is 0 Å². The fourth-order valence-corrected chi connectivity index (χ4v) is 2.75. The monoisotopic (exact) mass is 456 g/mol. The number of carbonyl (C=O) groups excluding carboxylic acids is 1. The molecule has 0 unspecified atom stereocenters. The highest BCUT2D eigenvalue weighted by Gasteiger charge is 2.30. The lowest BCUT2D eigenvalue weighted by molar-refractivity contribution is -0.137. The number of nitrogens with zero attached hydrogens (tertiary/aromatic N) is 1. The van der Waals surface area contributed by atoms with Gasteiger partial charge in [0, 0.05) is 11.9 Å². The van der Waals surface area contributed by atoms with E-state index < -0.39 is 23.2 Å². The van der Waals surface area contributed by atoms with Gasteiger partial charge in [-0.2, -0.15) is 13.2 Å². The van der Waals surface area contributed by atoms with Gasteiger partial charge in [-0.05, 0) is 61.4 Å². The first-order valence-corrected chi connectivity index (χ1v) is 10.2. The molecule has 172 valence electrons. The van der Waals surface area contributed by atoms with Crippen molar-refractivity contribution >= 4 is 28.6 Å². The van der Waals surface area contributed by atoms with Crippen LogP contribution >= 0.6 is 0 Å². The van der Waals surface area contributed by atoms with Crippen LogP contribution in [0.1, 0.15) is 18.4 Å². The van der Waals surface area contributed by atoms with Crippen molar-refractivity contribution in [3.8, 4) is 0 Å². The van der Waals surface area contributed by atoms with Crippen LogP contribution in [0.2, 0.25) is 0 Å². The second-order valence-electron chi connectivity index (χ2n) is 7.38. The fourth-order valence-electron chi connectivity index (χ4n) is 2.75. The summed E-state index contributed by atoms with van der Waals surface area (Å²) in [7, 11) is 0. The minimum absolute atomic E-state index is 0.0219. The number of ether oxygens (including phenoxy) is 1. The molecular weight excluding hydrogens is 433 g/mol. The van der Waals surface area contributed by atoms with Crippen LogP contribution in [0.25, 0.3) is 0 Å². The number of para-hydroxylation sites is 1. The molecule has 1 fully saturated rings. The van der Waals surface area contributed by atoms with E-state index in [-0.39, 0.29) is 23.8 Å². The van der Waals surface area contributed by atoms with Gasteiger partial charge in [0.05, 0.1) is 23.6 Å². The molecule has 6 nitrogen and oxygen atoms in total. The molecule has 0 atom stereocenters. The molecule has 1 aliphatic rings. The van der Waals surface area contributed by atoms with Gasteiger partial charge in [0.15, 0.2) is 5.76 Å². The Morgan fingerprint density at radius 1 is 1.18 bits per heavy atom. The number of halogens is 3. The van der Waals surface area contributed by atoms with E-state index in [0.717, 1.165) is 25.0 Å². The van der Waals surface area contributed by atoms with Gasteiger partial charge in [0.2, 0.25) is 5.78 Å². The maximum atomic E-state index is 13.0. The quantitative estimate of drug-likeness (QED) is 0.259. The Kier molecular flexibility index (Phi) is 7.66. The van der Waals surface area contributed by atoms with Crippen LogP contribution in [-0.4, -0.2) is 23.8 Å². The number of ketones is 1. The summed E-state index contributed by atoms with van der Waals surface area (Å²) in [5, 5.41) is 11.0. The third-order valence-corrected chi connectivity index (χ3v) is 4.70. The number of nitrogens with two attached hydrogens (primary N) is 1. The molecule has 1 aliphatic carbocycles. The van der Waals surface area contributed by atoms with Crippen molar-refractivity contribution in [3.63, 3.8) is 0 Å². The average Bonchev–Trinajstić information content (AvgIpc) is 3.63. The van der Waals surface area contributed by atoms with Crippen LogP contribution in [0.4, 0.5) is 24.5 Å². The first-order chi connectivity index (χ1) is 15.8. The summed E-state index contributed by atoms with van der Waals surface area (Å²) < 4.78 is 44.6. The fraction of sp³-hybridized carbons (Fsp3) is 0.208. The van der Waals surface area contributed by atoms with Crippen molar-refractivity contribution in [1.29, 1.82) is 5.41 Å². The third-order valence-electron chi connectivity index (χ3n) is 4.70. The molecule has 0 spiro atoms. The Hall–Kier alpha value is -3.88. The molecule has 0 aliphatic heterocycles. The number of hydrogen-bond donors (Lipinski definition) is 3. The van der Waals surface area contributed by atoms with Crippen LogP contribution in [0.3, 0.4) is 0 Å². The van der Waals surface area contributed by atoms with E-state index in [4.69, 9.17) is 15.9 Å². The number of anilines is 1. The van der Waals surface area contributed by atoms with Crippen LogP contribution in [0.5, 0.6) is 0 Å². The number of alkyl halides is 3. The average molecular weight is 456 g/mol. The van der Waals surface area contributed by atoms with Crippen LogP contribution < -0.4 is 11.1 Å². The van der Waals surface area contributed by atoms with E-state index in [2.05, 4.69) is 10.3 Å². The Labute approximate surface area is 189 Å². The summed E-state index contributed by atoms with van der Waals surface area (Å²) in [6, 6.07) is 13.3. The summed E-state index contributed by atoms with van der Waals surface area (Å²) in [6.07, 6.45) is 1.10. The van der Waals surface area contributed by atoms with E-state index in [0.29, 0.717) is 11.6 Å². The normalized spacial score (nSPS) is 14.9. The predicted octanol–water partition coefficient (Wildman–Crippen LogP) is 5.22. The van der Waals surface area contributed by atoms with Gasteiger partial charge in [-0.15, -0.1) is 0 Å². The zero-order valence-corrected chi connectivity index (χ0v) is 17.6. The highest BCUT2D eigenvalue weighted by molar-refractivity contribution is 6.71. The van der Waals surface area contributed by atoms with Crippen LogP contribution in [-0.2, 0) is 15.7 Å². The van der Waals surface area contributed by atoms with Gasteiger partial charge >= 0.3 is 6.18 Å². The molecule has 0 aromatic heterocycles. The molecule has 0 radical (unpaired) electrons. The van der Waals surface area contributed by atoms with Gasteiger partial charge in [0.1, 0.15) is 5.71 Å². The second-order valence-corrected chi connectivity index (χ2v) is 7.38. The number of hydrogen-bond acceptors (Lipinski definition) is 6. The molecule has 4 N–H and O–H groups in total. The molecule has 3 rings (SSSR count). The predicted molar refractivity (Wildman–Crippen MR) is 121 cm³/mol. The molecule has 2 aromatic carbocycles. The smallest absolute Gasteiger partial charge is 0.416 e. The van der Waals surface area contributed by atoms with Crippen molar-refractivity contribution in [3.05, 3.63) is 84.4 Å². The molecule has 0 amide bonds.